The zero-order valence-electron chi connectivity index (χ0n) is 23.1. The Hall–Kier alpha value is -1.76. The summed E-state index contributed by atoms with van der Waals surface area (Å²) in [4.78, 5) is 0. The first-order valence-corrected chi connectivity index (χ1v) is 15.7. The van der Waals surface area contributed by atoms with E-state index in [9.17, 15) is 45.1 Å². The zero-order valence-corrected chi connectivity index (χ0v) is 24.0. The summed E-state index contributed by atoms with van der Waals surface area (Å²) >= 11 is 0. The lowest BCUT2D eigenvalue weighted by atomic mass is 9.44. The van der Waals surface area contributed by atoms with Gasteiger partial charge in [0, 0.05) is 0 Å². The number of nitrogens with one attached hydrogen (secondary N) is 1. The molecule has 4 N–H and O–H groups in total. The largest absolute Gasteiger partial charge is 0.456 e. The van der Waals surface area contributed by atoms with Gasteiger partial charge in [0.15, 0.2) is 0 Å². The van der Waals surface area contributed by atoms with Crippen molar-refractivity contribution < 1.29 is 45.1 Å². The van der Waals surface area contributed by atoms with Crippen molar-refractivity contribution in [3.8, 4) is 0 Å². The fraction of sp³-hybridized carbons (Fsp3) is 0.724. The number of hydrogen-bond acceptors (Lipinski definition) is 4. The van der Waals surface area contributed by atoms with E-state index in [1.807, 2.05) is 12.1 Å². The van der Waals surface area contributed by atoms with E-state index in [1.54, 1.807) is 12.1 Å². The maximum Gasteiger partial charge on any atom is 0.456 e. The Morgan fingerprint density at radius 2 is 1.83 bits per heavy atom. The van der Waals surface area contributed by atoms with E-state index in [4.69, 9.17) is 0 Å². The van der Waals surface area contributed by atoms with Crippen LogP contribution in [0.1, 0.15) is 88.2 Å². The Labute approximate surface area is 238 Å². The van der Waals surface area contributed by atoms with Gasteiger partial charge in [-0.2, -0.15) is 30.4 Å². The number of aliphatic hydroxyl groups excluding tert-OH is 2. The Morgan fingerprint density at radius 3 is 2.46 bits per heavy atom. The fourth-order valence-corrected chi connectivity index (χ4v) is 8.81. The van der Waals surface area contributed by atoms with Gasteiger partial charge in [0.25, 0.3) is 0 Å². The summed E-state index contributed by atoms with van der Waals surface area (Å²) in [5.41, 5.74) is 1.74. The number of allylic oxidation sites excluding steroid dienone is 1. The number of aryl methyl sites for hydroxylation is 1. The first-order chi connectivity index (χ1) is 19.0. The number of fused-ring (bicyclic) bond motifs is 5. The molecule has 6 nitrogen and oxygen atoms in total. The van der Waals surface area contributed by atoms with Gasteiger partial charge in [0.1, 0.15) is 6.10 Å². The first kappa shape index (κ1) is 32.2. The number of rotatable bonds is 11. The van der Waals surface area contributed by atoms with Crippen LogP contribution in [0.15, 0.2) is 30.9 Å². The number of halogens is 5. The number of hydrogen-bond donors (Lipinski definition) is 4. The van der Waals surface area contributed by atoms with Gasteiger partial charge in [-0.3, -0.25) is 9.27 Å². The van der Waals surface area contributed by atoms with Crippen molar-refractivity contribution in [3.63, 3.8) is 0 Å². The second kappa shape index (κ2) is 11.4. The summed E-state index contributed by atoms with van der Waals surface area (Å²) in [7, 11) is -4.43. The minimum atomic E-state index is -5.79. The summed E-state index contributed by atoms with van der Waals surface area (Å²) in [5.74, 6) is -4.74. The number of alkyl halides is 5. The summed E-state index contributed by atoms with van der Waals surface area (Å²) < 4.78 is 98.2. The number of benzene rings is 1. The van der Waals surface area contributed by atoms with Gasteiger partial charge < -0.3 is 10.2 Å². The van der Waals surface area contributed by atoms with Gasteiger partial charge in [0.05, 0.1) is 11.8 Å². The van der Waals surface area contributed by atoms with Crippen molar-refractivity contribution in [2.24, 2.45) is 22.7 Å². The molecule has 0 radical (unpaired) electrons. The smallest absolute Gasteiger partial charge is 0.393 e. The van der Waals surface area contributed by atoms with Gasteiger partial charge in [-0.05, 0) is 96.8 Å². The maximum atomic E-state index is 13.3. The molecule has 1 aromatic carbocycles. The van der Waals surface area contributed by atoms with Gasteiger partial charge in [0.2, 0.25) is 0 Å². The van der Waals surface area contributed by atoms with Crippen LogP contribution in [0, 0.1) is 22.7 Å². The van der Waals surface area contributed by atoms with Crippen molar-refractivity contribution in [2.75, 3.05) is 4.72 Å². The van der Waals surface area contributed by atoms with Gasteiger partial charge in [-0.15, -0.1) is 6.58 Å². The van der Waals surface area contributed by atoms with Crippen molar-refractivity contribution >= 4 is 16.0 Å². The van der Waals surface area contributed by atoms with Crippen molar-refractivity contribution in [1.82, 2.24) is 0 Å². The summed E-state index contributed by atoms with van der Waals surface area (Å²) in [6.45, 7) is 6.39. The van der Waals surface area contributed by atoms with E-state index in [2.05, 4.69) is 18.2 Å². The molecule has 232 valence electrons. The predicted octanol–water partition coefficient (Wildman–Crippen LogP) is 6.80. The molecule has 4 rings (SSSR count). The van der Waals surface area contributed by atoms with E-state index in [0.29, 0.717) is 32.1 Å². The molecule has 0 heterocycles. The van der Waals surface area contributed by atoms with Crippen molar-refractivity contribution in [3.05, 3.63) is 42.0 Å². The van der Waals surface area contributed by atoms with E-state index in [-0.39, 0.29) is 40.7 Å². The van der Waals surface area contributed by atoms with Crippen LogP contribution >= 0.6 is 0 Å². The summed E-state index contributed by atoms with van der Waals surface area (Å²) in [6.07, 6.45) is -1.32. The van der Waals surface area contributed by atoms with Crippen LogP contribution < -0.4 is 4.72 Å². The van der Waals surface area contributed by atoms with Crippen LogP contribution in [-0.4, -0.2) is 47.5 Å². The maximum absolute atomic E-state index is 13.3. The standard InChI is InChI=1S/C29H40F5NO5S/c1-3-27-15-14-18-16-20(35-41(38,39)40)10-11-21(18)25(27)19(17-26(2)22(27)12-13-23(26)36)8-6-4-5-7-9-24(37)28(30,31)29(32,33)34/h3,10-11,16,19,22-25,35-37H,1,4-9,12-15,17H2,2H3,(H,38,39,40)/t19-,22+,23-,24?,25+,26-,27-/m0/s1. The molecule has 0 bridgehead atoms. The van der Waals surface area contributed by atoms with Gasteiger partial charge >= 0.3 is 22.4 Å². The molecule has 2 saturated carbocycles. The van der Waals surface area contributed by atoms with Crippen LogP contribution in [-0.2, 0) is 16.7 Å². The SMILES string of the molecule is C=C[C@@]12CCc3cc(NS(=O)(=O)O)ccc3[C@H]1[C@@H](CCCCCCC(O)C(F)(F)C(F)(F)F)C[C@@]1(C)[C@H]2CC[C@@H]1O. The van der Waals surface area contributed by atoms with E-state index < -0.39 is 41.0 Å². The Balaban J connectivity index is 1.51. The Kier molecular flexibility index (Phi) is 8.93. The third-order valence-electron chi connectivity index (χ3n) is 10.2. The van der Waals surface area contributed by atoms with Crippen LogP contribution in [0.5, 0.6) is 0 Å². The number of unbranched alkanes of at least 4 members (excludes halogenated alkanes) is 3. The molecule has 7 atom stereocenters. The Bertz CT molecular complexity index is 1220. The predicted molar refractivity (Wildman–Crippen MR) is 145 cm³/mol. The molecule has 0 aliphatic heterocycles. The average molecular weight is 610 g/mol. The lowest BCUT2D eigenvalue weighted by molar-refractivity contribution is -0.313. The lowest BCUT2D eigenvalue weighted by Gasteiger charge is -2.60. The molecule has 12 heteroatoms. The molecule has 0 spiro atoms. The second-order valence-corrected chi connectivity index (χ2v) is 13.7. The third kappa shape index (κ3) is 6.03. The van der Waals surface area contributed by atoms with Crippen LogP contribution in [0.25, 0.3) is 0 Å². The minimum absolute atomic E-state index is 0.0441. The molecule has 2 fully saturated rings. The molecular weight excluding hydrogens is 569 g/mol. The van der Waals surface area contributed by atoms with Crippen LogP contribution in [0.2, 0.25) is 0 Å². The number of anilines is 1. The third-order valence-corrected chi connectivity index (χ3v) is 10.7. The van der Waals surface area contributed by atoms with E-state index in [1.165, 1.54) is 0 Å². The molecule has 0 aromatic heterocycles. The van der Waals surface area contributed by atoms with Crippen LogP contribution in [0.4, 0.5) is 27.6 Å². The van der Waals surface area contributed by atoms with Crippen LogP contribution in [0.3, 0.4) is 0 Å². The molecular formula is C29H40F5NO5S. The highest BCUT2D eigenvalue weighted by molar-refractivity contribution is 7.87. The monoisotopic (exact) mass is 609 g/mol. The lowest BCUT2D eigenvalue weighted by Crippen LogP contribution is -2.54. The van der Waals surface area contributed by atoms with E-state index >= 15 is 0 Å². The molecule has 1 aromatic rings. The molecule has 0 saturated heterocycles. The first-order valence-electron chi connectivity index (χ1n) is 14.3. The second-order valence-electron chi connectivity index (χ2n) is 12.5. The fourth-order valence-electron chi connectivity index (χ4n) is 8.39. The highest BCUT2D eigenvalue weighted by Crippen LogP contribution is 2.69. The van der Waals surface area contributed by atoms with Crippen molar-refractivity contribution in [1.29, 1.82) is 0 Å². The van der Waals surface area contributed by atoms with Gasteiger partial charge in [-0.25, -0.2) is 0 Å². The Morgan fingerprint density at radius 1 is 1.15 bits per heavy atom. The molecule has 1 unspecified atom stereocenters. The molecule has 3 aliphatic carbocycles. The summed E-state index contributed by atoms with van der Waals surface area (Å²) in [5, 5.41) is 20.5. The highest BCUT2D eigenvalue weighted by atomic mass is 32.2. The summed E-state index contributed by atoms with van der Waals surface area (Å²) in [6, 6.07) is 5.27. The number of aliphatic hydroxyl groups is 2. The zero-order chi connectivity index (χ0) is 30.4. The molecule has 0 amide bonds. The average Bonchev–Trinajstić information content (AvgIpc) is 3.17. The quantitative estimate of drug-likeness (QED) is 0.0956. The van der Waals surface area contributed by atoms with E-state index in [0.717, 1.165) is 36.8 Å². The normalized spacial score (nSPS) is 32.5. The van der Waals surface area contributed by atoms with Gasteiger partial charge in [-0.1, -0.05) is 44.7 Å². The molecule has 3 aliphatic rings. The van der Waals surface area contributed by atoms with Crippen molar-refractivity contribution in [2.45, 2.75) is 108 Å². The minimum Gasteiger partial charge on any atom is -0.393 e. The topological polar surface area (TPSA) is 107 Å². The molecule has 41 heavy (non-hydrogen) atoms. The highest BCUT2D eigenvalue weighted by Gasteiger charge is 2.63.